The van der Waals surface area contributed by atoms with Gasteiger partial charge in [-0.1, -0.05) is 17.7 Å². The van der Waals surface area contributed by atoms with Crippen LogP contribution in [0.3, 0.4) is 0 Å². The minimum atomic E-state index is -4.47. The molecule has 1 amide bonds. The molecule has 8 nitrogen and oxygen atoms in total. The Balaban J connectivity index is 1.46. The minimum Gasteiger partial charge on any atom is -0.456 e. The number of alkyl halides is 3. The molecule has 1 aliphatic rings. The number of nitrogens with zero attached hydrogens (tertiary/aromatic N) is 3. The fraction of sp³-hybridized carbons (Fsp3) is 0.292. The Morgan fingerprint density at radius 1 is 1.19 bits per heavy atom. The molecule has 0 saturated heterocycles. The highest BCUT2D eigenvalue weighted by molar-refractivity contribution is 6.32. The highest BCUT2D eigenvalue weighted by Gasteiger charge is 2.30. The van der Waals surface area contributed by atoms with Crippen molar-refractivity contribution in [1.29, 1.82) is 0 Å². The van der Waals surface area contributed by atoms with Gasteiger partial charge in [-0.15, -0.1) is 0 Å². The van der Waals surface area contributed by atoms with E-state index in [1.165, 1.54) is 25.6 Å². The number of hydroxylamine groups is 1. The molecule has 3 aromatic rings. The molecule has 2 N–H and O–H groups in total. The van der Waals surface area contributed by atoms with Crippen molar-refractivity contribution >= 4 is 34.7 Å². The molecule has 0 saturated carbocycles. The van der Waals surface area contributed by atoms with Gasteiger partial charge in [0, 0.05) is 31.6 Å². The second kappa shape index (κ2) is 11.0. The van der Waals surface area contributed by atoms with E-state index >= 15 is 0 Å². The molecule has 1 aliphatic heterocycles. The van der Waals surface area contributed by atoms with Crippen LogP contribution in [0.5, 0.6) is 11.5 Å². The summed E-state index contributed by atoms with van der Waals surface area (Å²) in [5.41, 5.74) is 3.85. The SMILES string of the molecule is CONC(=O)CCCN1CCc2ncnc(Nc3ccc(Oc4cccc(C(F)(F)F)c4)c(Cl)c3)c21. The average Bonchev–Trinajstić information content (AvgIpc) is 3.25. The predicted octanol–water partition coefficient (Wildman–Crippen LogP) is 5.51. The van der Waals surface area contributed by atoms with Crippen molar-refractivity contribution in [3.8, 4) is 11.5 Å². The van der Waals surface area contributed by atoms with Crippen LogP contribution in [0, 0.1) is 0 Å². The first-order chi connectivity index (χ1) is 17.2. The topological polar surface area (TPSA) is 88.6 Å². The molecule has 190 valence electrons. The summed E-state index contributed by atoms with van der Waals surface area (Å²) in [5.74, 6) is 0.629. The molecule has 1 aromatic heterocycles. The highest BCUT2D eigenvalue weighted by atomic mass is 35.5. The molecular formula is C24H23ClF3N5O3. The monoisotopic (exact) mass is 521 g/mol. The standard InChI is InChI=1S/C24H23ClF3N5O3/c1-35-32-21(34)6-3-10-33-11-9-19-22(33)23(30-14-29-19)31-16-7-8-20(18(25)13-16)36-17-5-2-4-15(12-17)24(26,27)28/h2,4-5,7-8,12-14H,3,6,9-11H2,1H3,(H,32,34)(H,29,30,31). The van der Waals surface area contributed by atoms with E-state index in [1.807, 2.05) is 0 Å². The summed E-state index contributed by atoms with van der Waals surface area (Å²) in [6.07, 6.45) is -1.31. The first kappa shape index (κ1) is 25.5. The number of halogens is 4. The molecule has 0 bridgehead atoms. The zero-order valence-corrected chi connectivity index (χ0v) is 20.0. The first-order valence-electron chi connectivity index (χ1n) is 11.1. The maximum absolute atomic E-state index is 13.0. The Hall–Kier alpha value is -3.57. The molecule has 0 fully saturated rings. The van der Waals surface area contributed by atoms with Gasteiger partial charge in [0.2, 0.25) is 5.91 Å². The molecule has 0 atom stereocenters. The van der Waals surface area contributed by atoms with E-state index < -0.39 is 11.7 Å². The minimum absolute atomic E-state index is 0.0240. The number of aromatic nitrogens is 2. The van der Waals surface area contributed by atoms with Gasteiger partial charge in [0.05, 0.1) is 23.4 Å². The summed E-state index contributed by atoms with van der Waals surface area (Å²) in [5, 5.41) is 3.45. The number of ether oxygens (including phenoxy) is 1. The second-order valence-corrected chi connectivity index (χ2v) is 8.39. The fourth-order valence-electron chi connectivity index (χ4n) is 3.85. The normalized spacial score (nSPS) is 12.9. The third kappa shape index (κ3) is 6.16. The van der Waals surface area contributed by atoms with E-state index in [1.54, 1.807) is 18.2 Å². The van der Waals surface area contributed by atoms with Crippen LogP contribution in [0.1, 0.15) is 24.1 Å². The third-order valence-corrected chi connectivity index (χ3v) is 5.76. The van der Waals surface area contributed by atoms with Crippen LogP contribution in [0.2, 0.25) is 5.02 Å². The number of hydrogen-bond acceptors (Lipinski definition) is 7. The molecule has 0 unspecified atom stereocenters. The number of nitrogens with one attached hydrogen (secondary N) is 2. The average molecular weight is 522 g/mol. The maximum Gasteiger partial charge on any atom is 0.416 e. The Bertz CT molecular complexity index is 1240. The van der Waals surface area contributed by atoms with Gasteiger partial charge < -0.3 is 15.0 Å². The van der Waals surface area contributed by atoms with Crippen LogP contribution in [-0.4, -0.2) is 36.1 Å². The zero-order chi connectivity index (χ0) is 25.7. The van der Waals surface area contributed by atoms with E-state index in [9.17, 15) is 18.0 Å². The number of benzene rings is 2. The van der Waals surface area contributed by atoms with Gasteiger partial charge in [-0.3, -0.25) is 9.63 Å². The molecule has 12 heteroatoms. The van der Waals surface area contributed by atoms with Crippen molar-refractivity contribution in [3.05, 3.63) is 65.1 Å². The summed E-state index contributed by atoms with van der Waals surface area (Å²) >= 11 is 6.37. The van der Waals surface area contributed by atoms with Crippen LogP contribution < -0.4 is 20.4 Å². The summed E-state index contributed by atoms with van der Waals surface area (Å²) in [6, 6.07) is 9.45. The van der Waals surface area contributed by atoms with E-state index in [2.05, 4.69) is 30.5 Å². The summed E-state index contributed by atoms with van der Waals surface area (Å²) in [7, 11) is 1.39. The molecular weight excluding hydrogens is 499 g/mol. The number of amides is 1. The molecule has 0 aliphatic carbocycles. The highest BCUT2D eigenvalue weighted by Crippen LogP contribution is 2.38. The number of carbonyl (C=O) groups excluding carboxylic acids is 1. The summed E-state index contributed by atoms with van der Waals surface area (Å²) in [6.45, 7) is 1.38. The third-order valence-electron chi connectivity index (χ3n) is 5.46. The summed E-state index contributed by atoms with van der Waals surface area (Å²) < 4.78 is 44.5. The molecule has 0 spiro atoms. The Morgan fingerprint density at radius 3 is 2.78 bits per heavy atom. The number of rotatable bonds is 9. The van der Waals surface area contributed by atoms with E-state index in [4.69, 9.17) is 16.3 Å². The Morgan fingerprint density at radius 2 is 2.03 bits per heavy atom. The van der Waals surface area contributed by atoms with Crippen molar-refractivity contribution < 1.29 is 27.5 Å². The van der Waals surface area contributed by atoms with Gasteiger partial charge >= 0.3 is 6.18 Å². The molecule has 36 heavy (non-hydrogen) atoms. The van der Waals surface area contributed by atoms with Gasteiger partial charge in [-0.2, -0.15) is 13.2 Å². The number of hydrogen-bond donors (Lipinski definition) is 2. The van der Waals surface area contributed by atoms with E-state index in [-0.39, 0.29) is 22.4 Å². The number of fused-ring (bicyclic) bond motifs is 1. The van der Waals surface area contributed by atoms with Crippen molar-refractivity contribution in [2.45, 2.75) is 25.4 Å². The van der Waals surface area contributed by atoms with E-state index in [0.29, 0.717) is 30.9 Å². The van der Waals surface area contributed by atoms with Gasteiger partial charge in [-0.25, -0.2) is 15.4 Å². The van der Waals surface area contributed by atoms with Crippen molar-refractivity contribution in [2.75, 3.05) is 30.4 Å². The molecule has 2 heterocycles. The molecule has 0 radical (unpaired) electrons. The molecule has 2 aromatic carbocycles. The first-order valence-corrected chi connectivity index (χ1v) is 11.4. The van der Waals surface area contributed by atoms with E-state index in [0.717, 1.165) is 36.5 Å². The Kier molecular flexibility index (Phi) is 7.80. The lowest BCUT2D eigenvalue weighted by atomic mass is 10.2. The number of anilines is 3. The predicted molar refractivity (Wildman–Crippen MR) is 129 cm³/mol. The van der Waals surface area contributed by atoms with Crippen LogP contribution in [0.25, 0.3) is 0 Å². The van der Waals surface area contributed by atoms with Crippen molar-refractivity contribution in [1.82, 2.24) is 15.4 Å². The lowest BCUT2D eigenvalue weighted by Crippen LogP contribution is -2.26. The summed E-state index contributed by atoms with van der Waals surface area (Å²) in [4.78, 5) is 27.1. The zero-order valence-electron chi connectivity index (χ0n) is 19.2. The van der Waals surface area contributed by atoms with Gasteiger partial charge in [0.1, 0.15) is 23.5 Å². The van der Waals surface area contributed by atoms with Crippen LogP contribution in [0.15, 0.2) is 48.8 Å². The largest absolute Gasteiger partial charge is 0.456 e. The van der Waals surface area contributed by atoms with Crippen molar-refractivity contribution in [3.63, 3.8) is 0 Å². The second-order valence-electron chi connectivity index (χ2n) is 7.99. The smallest absolute Gasteiger partial charge is 0.416 e. The van der Waals surface area contributed by atoms with Crippen LogP contribution in [-0.2, 0) is 22.2 Å². The molecule has 4 rings (SSSR count). The van der Waals surface area contributed by atoms with Crippen molar-refractivity contribution in [2.24, 2.45) is 0 Å². The quantitative estimate of drug-likeness (QED) is 0.359. The number of carbonyl (C=O) groups is 1. The lowest BCUT2D eigenvalue weighted by molar-refractivity contribution is -0.137. The van der Waals surface area contributed by atoms with Gasteiger partial charge in [-0.05, 0) is 42.8 Å². The van der Waals surface area contributed by atoms with Gasteiger partial charge in [0.25, 0.3) is 0 Å². The maximum atomic E-state index is 13.0. The van der Waals surface area contributed by atoms with Crippen LogP contribution in [0.4, 0.5) is 30.4 Å². The fourth-order valence-corrected chi connectivity index (χ4v) is 4.07. The Labute approximate surface area is 210 Å². The van der Waals surface area contributed by atoms with Crippen LogP contribution >= 0.6 is 11.6 Å². The lowest BCUT2D eigenvalue weighted by Gasteiger charge is -2.21. The van der Waals surface area contributed by atoms with Gasteiger partial charge in [0.15, 0.2) is 5.82 Å².